The highest BCUT2D eigenvalue weighted by molar-refractivity contribution is 5.96. The van der Waals surface area contributed by atoms with Gasteiger partial charge in [-0.15, -0.1) is 0 Å². The van der Waals surface area contributed by atoms with E-state index >= 15 is 0 Å². The molecule has 5 heteroatoms. The van der Waals surface area contributed by atoms with Gasteiger partial charge in [0.15, 0.2) is 5.78 Å². The van der Waals surface area contributed by atoms with E-state index in [9.17, 15) is 14.0 Å². The highest BCUT2D eigenvalue weighted by atomic mass is 19.1. The van der Waals surface area contributed by atoms with E-state index in [1.54, 1.807) is 0 Å². The molecule has 0 bridgehead atoms. The van der Waals surface area contributed by atoms with E-state index in [1.165, 1.54) is 36.2 Å². The topological polar surface area (TPSA) is 55.4 Å². The van der Waals surface area contributed by atoms with Gasteiger partial charge >= 0.3 is 6.09 Å². The van der Waals surface area contributed by atoms with Crippen LogP contribution in [0.15, 0.2) is 66.7 Å². The number of benzene rings is 3. The second-order valence-corrected chi connectivity index (χ2v) is 7.55. The van der Waals surface area contributed by atoms with Gasteiger partial charge < -0.3 is 10.1 Å². The van der Waals surface area contributed by atoms with Crippen LogP contribution >= 0.6 is 0 Å². The summed E-state index contributed by atoms with van der Waals surface area (Å²) in [6.45, 7) is 1.95. The van der Waals surface area contributed by atoms with E-state index in [-0.39, 0.29) is 24.9 Å². The van der Waals surface area contributed by atoms with Crippen LogP contribution in [0, 0.1) is 17.7 Å². The third-order valence-electron chi connectivity index (χ3n) is 5.45. The molecule has 0 aromatic heterocycles. The molecule has 1 aliphatic carbocycles. The van der Waals surface area contributed by atoms with Crippen LogP contribution in [0.4, 0.5) is 9.18 Å². The first-order chi connectivity index (χ1) is 15.5. The molecule has 3 aromatic carbocycles. The molecule has 1 amide bonds. The molecule has 4 nitrogen and oxygen atoms in total. The first kappa shape index (κ1) is 21.3. The lowest BCUT2D eigenvalue weighted by atomic mass is 9.98. The molecule has 0 unspecified atom stereocenters. The van der Waals surface area contributed by atoms with Crippen molar-refractivity contribution >= 4 is 11.9 Å². The molecule has 0 atom stereocenters. The summed E-state index contributed by atoms with van der Waals surface area (Å²) in [7, 11) is 0. The van der Waals surface area contributed by atoms with E-state index < -0.39 is 11.9 Å². The van der Waals surface area contributed by atoms with Gasteiger partial charge in [0.2, 0.25) is 0 Å². The zero-order valence-electron chi connectivity index (χ0n) is 17.7. The highest BCUT2D eigenvalue weighted by Gasteiger charge is 2.28. The average Bonchev–Trinajstić information content (AvgIpc) is 3.11. The maximum atomic E-state index is 13.4. The fourth-order valence-corrected chi connectivity index (χ4v) is 3.96. The Kier molecular flexibility index (Phi) is 6.32. The van der Waals surface area contributed by atoms with Crippen molar-refractivity contribution in [3.05, 3.63) is 94.8 Å². The summed E-state index contributed by atoms with van der Waals surface area (Å²) >= 11 is 0. The number of rotatable bonds is 5. The molecule has 1 aliphatic rings. The number of amides is 1. The Labute approximate surface area is 186 Å². The molecular weight excluding hydrogens is 405 g/mol. The molecule has 32 heavy (non-hydrogen) atoms. The van der Waals surface area contributed by atoms with Gasteiger partial charge in [-0.25, -0.2) is 9.18 Å². The van der Waals surface area contributed by atoms with Crippen molar-refractivity contribution in [1.29, 1.82) is 0 Å². The standard InChI is InChI=1S/C27H22FNO3/c1-18(30)21-14-13-20(28)16-19(21)8-6-7-15-29-27(31)32-17-26-24-11-4-2-9-22(24)23-10-3-5-12-25(23)26/h2-5,9-14,16,26H,7,15,17H2,1H3,(H,29,31). The largest absolute Gasteiger partial charge is 0.449 e. The van der Waals surface area contributed by atoms with Crippen LogP contribution in [0.25, 0.3) is 11.1 Å². The lowest BCUT2D eigenvalue weighted by Crippen LogP contribution is -2.26. The van der Waals surface area contributed by atoms with Crippen molar-refractivity contribution in [2.75, 3.05) is 13.2 Å². The van der Waals surface area contributed by atoms with E-state index in [0.717, 1.165) is 11.1 Å². The van der Waals surface area contributed by atoms with Crippen LogP contribution in [0.5, 0.6) is 0 Å². The zero-order chi connectivity index (χ0) is 22.5. The lowest BCUT2D eigenvalue weighted by molar-refractivity contribution is 0.101. The summed E-state index contributed by atoms with van der Waals surface area (Å²) in [6.07, 6.45) is -0.165. The van der Waals surface area contributed by atoms with Crippen LogP contribution < -0.4 is 5.32 Å². The van der Waals surface area contributed by atoms with Crippen LogP contribution in [0.2, 0.25) is 0 Å². The number of hydrogen-bond donors (Lipinski definition) is 1. The average molecular weight is 427 g/mol. The van der Waals surface area contributed by atoms with Crippen molar-refractivity contribution in [2.24, 2.45) is 0 Å². The molecule has 160 valence electrons. The molecule has 0 aliphatic heterocycles. The Hall–Kier alpha value is -3.91. The van der Waals surface area contributed by atoms with Gasteiger partial charge in [-0.05, 0) is 47.4 Å². The number of carbonyl (C=O) groups excluding carboxylic acids is 2. The minimum absolute atomic E-state index is 0.00548. The number of fused-ring (bicyclic) bond motifs is 3. The number of Topliss-reactive ketones (excluding diaryl/α,β-unsaturated/α-hetero) is 1. The van der Waals surface area contributed by atoms with Crippen molar-refractivity contribution in [3.8, 4) is 23.0 Å². The smallest absolute Gasteiger partial charge is 0.407 e. The van der Waals surface area contributed by atoms with Crippen LogP contribution in [-0.2, 0) is 4.74 Å². The third-order valence-corrected chi connectivity index (χ3v) is 5.45. The molecule has 0 spiro atoms. The van der Waals surface area contributed by atoms with E-state index in [4.69, 9.17) is 4.74 Å². The number of halogens is 1. The summed E-state index contributed by atoms with van der Waals surface area (Å²) in [5.41, 5.74) is 5.39. The van der Waals surface area contributed by atoms with E-state index in [2.05, 4.69) is 41.4 Å². The highest BCUT2D eigenvalue weighted by Crippen LogP contribution is 2.44. The number of nitrogens with one attached hydrogen (secondary N) is 1. The van der Waals surface area contributed by atoms with Crippen LogP contribution in [-0.4, -0.2) is 25.0 Å². The molecule has 0 heterocycles. The molecule has 0 saturated carbocycles. The normalized spacial score (nSPS) is 11.7. The lowest BCUT2D eigenvalue weighted by Gasteiger charge is -2.14. The van der Waals surface area contributed by atoms with Gasteiger partial charge in [-0.3, -0.25) is 4.79 Å². The Balaban J connectivity index is 1.31. The summed E-state index contributed by atoms with van der Waals surface area (Å²) in [6, 6.07) is 20.2. The van der Waals surface area contributed by atoms with Crippen molar-refractivity contribution in [2.45, 2.75) is 19.3 Å². The Morgan fingerprint density at radius 2 is 1.66 bits per heavy atom. The summed E-state index contributed by atoms with van der Waals surface area (Å²) in [4.78, 5) is 23.8. The number of hydrogen-bond acceptors (Lipinski definition) is 3. The number of carbonyl (C=O) groups is 2. The number of alkyl carbamates (subject to hydrolysis) is 1. The van der Waals surface area contributed by atoms with Crippen LogP contribution in [0.1, 0.15) is 46.3 Å². The molecule has 4 rings (SSSR count). The van der Waals surface area contributed by atoms with E-state index in [1.807, 2.05) is 24.3 Å². The maximum absolute atomic E-state index is 13.4. The summed E-state index contributed by atoms with van der Waals surface area (Å²) < 4.78 is 18.9. The predicted molar refractivity (Wildman–Crippen MR) is 121 cm³/mol. The Bertz CT molecular complexity index is 1190. The zero-order valence-corrected chi connectivity index (χ0v) is 17.7. The summed E-state index contributed by atoms with van der Waals surface area (Å²) in [5, 5.41) is 2.68. The SMILES string of the molecule is CC(=O)c1ccc(F)cc1C#CCCNC(=O)OCC1c2ccccc2-c2ccccc21. The maximum Gasteiger partial charge on any atom is 0.407 e. The third kappa shape index (κ3) is 4.55. The minimum atomic E-state index is -0.510. The van der Waals surface area contributed by atoms with Crippen molar-refractivity contribution in [1.82, 2.24) is 5.32 Å². The number of ether oxygens (including phenoxy) is 1. The second kappa shape index (κ2) is 9.49. The Morgan fingerprint density at radius 1 is 1.00 bits per heavy atom. The van der Waals surface area contributed by atoms with Crippen molar-refractivity contribution < 1.29 is 18.7 Å². The van der Waals surface area contributed by atoms with Crippen LogP contribution in [0.3, 0.4) is 0 Å². The van der Waals surface area contributed by atoms with Gasteiger partial charge in [0.05, 0.1) is 0 Å². The molecule has 1 N–H and O–H groups in total. The molecule has 0 radical (unpaired) electrons. The van der Waals surface area contributed by atoms with Gasteiger partial charge in [0, 0.05) is 30.0 Å². The molecule has 3 aromatic rings. The molecule has 0 saturated heterocycles. The fourth-order valence-electron chi connectivity index (χ4n) is 3.96. The first-order valence-corrected chi connectivity index (χ1v) is 10.4. The van der Waals surface area contributed by atoms with Gasteiger partial charge in [0.1, 0.15) is 12.4 Å². The number of ketones is 1. The van der Waals surface area contributed by atoms with Crippen molar-refractivity contribution in [3.63, 3.8) is 0 Å². The fraction of sp³-hybridized carbons (Fsp3) is 0.185. The summed E-state index contributed by atoms with van der Waals surface area (Å²) in [5.74, 6) is 5.05. The quantitative estimate of drug-likeness (QED) is 0.341. The first-order valence-electron chi connectivity index (χ1n) is 10.4. The van der Waals surface area contributed by atoms with Gasteiger partial charge in [-0.2, -0.15) is 0 Å². The van der Waals surface area contributed by atoms with E-state index in [0.29, 0.717) is 17.5 Å². The Morgan fingerprint density at radius 3 is 2.31 bits per heavy atom. The van der Waals surface area contributed by atoms with Gasteiger partial charge in [0.25, 0.3) is 0 Å². The van der Waals surface area contributed by atoms with Gasteiger partial charge in [-0.1, -0.05) is 60.4 Å². The minimum Gasteiger partial charge on any atom is -0.449 e. The second-order valence-electron chi connectivity index (χ2n) is 7.55. The molecule has 0 fully saturated rings. The predicted octanol–water partition coefficient (Wildman–Crippen LogP) is 5.31. The monoisotopic (exact) mass is 427 g/mol. The molecular formula is C27H22FNO3.